The van der Waals surface area contributed by atoms with Gasteiger partial charge >= 0.3 is 0 Å². The highest BCUT2D eigenvalue weighted by atomic mass is 79.9. The molecule has 0 unspecified atom stereocenters. The van der Waals surface area contributed by atoms with E-state index in [2.05, 4.69) is 56.6 Å². The van der Waals surface area contributed by atoms with Gasteiger partial charge in [0.2, 0.25) is 0 Å². The molecule has 0 bridgehead atoms. The molecule has 1 aliphatic heterocycles. The summed E-state index contributed by atoms with van der Waals surface area (Å²) in [7, 11) is 1.74. The monoisotopic (exact) mass is 677 g/mol. The van der Waals surface area contributed by atoms with E-state index in [0.29, 0.717) is 5.02 Å². The number of unbranched alkanes of at least 4 members (excludes halogenated alkanes) is 5. The highest BCUT2D eigenvalue weighted by molar-refractivity contribution is 6.35. The Morgan fingerprint density at radius 1 is 0.952 bits per heavy atom. The lowest BCUT2D eigenvalue weighted by Crippen LogP contribution is -3.00. The Labute approximate surface area is 275 Å². The number of nitrogens with zero attached hydrogens (tertiary/aromatic N) is 1. The minimum Gasteiger partial charge on any atom is -1.00 e. The van der Waals surface area contributed by atoms with Crippen LogP contribution < -0.4 is 26.5 Å². The van der Waals surface area contributed by atoms with Gasteiger partial charge in [0.1, 0.15) is 6.54 Å². The highest BCUT2D eigenvalue weighted by Crippen LogP contribution is 2.37. The van der Waals surface area contributed by atoms with Crippen LogP contribution in [0.15, 0.2) is 53.6 Å². The summed E-state index contributed by atoms with van der Waals surface area (Å²) in [5, 5.41) is 1.38. The molecular formula is C36H50BrCl2NO2. The molecule has 2 aromatic carbocycles. The summed E-state index contributed by atoms with van der Waals surface area (Å²) in [5.74, 6) is 1.76. The molecule has 0 radical (unpaired) electrons. The molecule has 0 N–H and O–H groups in total. The molecule has 0 spiro atoms. The summed E-state index contributed by atoms with van der Waals surface area (Å²) in [6, 6.07) is 10.1. The summed E-state index contributed by atoms with van der Waals surface area (Å²) in [6.45, 7) is 11.2. The lowest BCUT2D eigenvalue weighted by molar-refractivity contribution is -0.545. The number of hydrogen-bond donors (Lipinski definition) is 0. The number of benzene rings is 2. The minimum atomic E-state index is 0. The van der Waals surface area contributed by atoms with Crippen molar-refractivity contribution in [3.05, 3.63) is 80.4 Å². The van der Waals surface area contributed by atoms with Crippen LogP contribution in [0.5, 0.6) is 11.5 Å². The van der Waals surface area contributed by atoms with Gasteiger partial charge in [0.05, 0.1) is 18.7 Å². The molecule has 0 saturated carbocycles. The third kappa shape index (κ3) is 11.4. The summed E-state index contributed by atoms with van der Waals surface area (Å²) in [4.78, 5) is 0. The van der Waals surface area contributed by atoms with Crippen LogP contribution in [0.3, 0.4) is 0 Å². The minimum absolute atomic E-state index is 0. The van der Waals surface area contributed by atoms with Gasteiger partial charge in [-0.1, -0.05) is 85.5 Å². The molecule has 3 nitrogen and oxygen atoms in total. The summed E-state index contributed by atoms with van der Waals surface area (Å²) < 4.78 is 14.7. The zero-order chi connectivity index (χ0) is 29.6. The topological polar surface area (TPSA) is 21.5 Å². The van der Waals surface area contributed by atoms with Gasteiger partial charge in [0, 0.05) is 34.6 Å². The summed E-state index contributed by atoms with van der Waals surface area (Å²) >= 11 is 12.8. The van der Waals surface area contributed by atoms with Gasteiger partial charge in [-0.2, -0.15) is 0 Å². The molecule has 0 fully saturated rings. The quantitative estimate of drug-likeness (QED) is 0.0969. The van der Waals surface area contributed by atoms with Crippen molar-refractivity contribution in [1.82, 2.24) is 0 Å². The molecule has 42 heavy (non-hydrogen) atoms. The first-order valence-electron chi connectivity index (χ1n) is 15.5. The van der Waals surface area contributed by atoms with Crippen molar-refractivity contribution < 1.29 is 31.0 Å². The standard InChI is InChI=1S/C36H50Cl2NO2.BrH/c1-6-7-8-9-10-11-24-41-36-32-22-23-39(26-29-18-19-30(37)25-33(29)38)34(31(32)20-21-35(36)40-5)17-13-16-28(4)15-12-14-27(2)3;/h14,16,18-21,25H,6-13,15,17,22-24,26H2,1-5H3;1H/q+1;/p-1. The van der Waals surface area contributed by atoms with Crippen molar-refractivity contribution in [2.45, 2.75) is 105 Å². The number of fused-ring (bicyclic) bond motifs is 1. The molecule has 232 valence electrons. The average Bonchev–Trinajstić information content (AvgIpc) is 2.94. The van der Waals surface area contributed by atoms with Gasteiger partial charge in [-0.05, 0) is 76.8 Å². The van der Waals surface area contributed by atoms with Gasteiger partial charge in [-0.25, -0.2) is 4.58 Å². The average molecular weight is 680 g/mol. The van der Waals surface area contributed by atoms with E-state index in [4.69, 9.17) is 32.7 Å². The second-order valence-corrected chi connectivity index (χ2v) is 12.3. The highest BCUT2D eigenvalue weighted by Gasteiger charge is 2.30. The maximum Gasteiger partial charge on any atom is 0.184 e. The van der Waals surface area contributed by atoms with E-state index in [9.17, 15) is 0 Å². The van der Waals surface area contributed by atoms with Crippen LogP contribution in [0.1, 0.15) is 109 Å². The fourth-order valence-corrected chi connectivity index (χ4v) is 5.99. The Morgan fingerprint density at radius 3 is 2.43 bits per heavy atom. The van der Waals surface area contributed by atoms with Crippen LogP contribution in [0.2, 0.25) is 10.0 Å². The van der Waals surface area contributed by atoms with E-state index in [-0.39, 0.29) is 17.0 Å². The first kappa shape index (κ1) is 36.4. The Kier molecular flexibility index (Phi) is 16.9. The maximum absolute atomic E-state index is 6.62. The van der Waals surface area contributed by atoms with E-state index in [0.717, 1.165) is 80.3 Å². The van der Waals surface area contributed by atoms with Crippen molar-refractivity contribution in [2.24, 2.45) is 0 Å². The molecular weight excluding hydrogens is 629 g/mol. The van der Waals surface area contributed by atoms with Gasteiger partial charge < -0.3 is 26.5 Å². The van der Waals surface area contributed by atoms with Crippen LogP contribution in [0.25, 0.3) is 0 Å². The number of ether oxygens (including phenoxy) is 2. The third-order valence-electron chi connectivity index (χ3n) is 7.85. The second kappa shape index (κ2) is 19.5. The molecule has 2 aromatic rings. The van der Waals surface area contributed by atoms with Crippen LogP contribution in [0, 0.1) is 0 Å². The van der Waals surface area contributed by atoms with Crippen LogP contribution in [-0.4, -0.2) is 30.5 Å². The molecule has 6 heteroatoms. The fraction of sp³-hybridized carbons (Fsp3) is 0.528. The molecule has 1 heterocycles. The van der Waals surface area contributed by atoms with Crippen LogP contribution in [0.4, 0.5) is 0 Å². The van der Waals surface area contributed by atoms with Crippen molar-refractivity contribution in [1.29, 1.82) is 0 Å². The fourth-order valence-electron chi connectivity index (χ4n) is 5.52. The van der Waals surface area contributed by atoms with Crippen molar-refractivity contribution in [2.75, 3.05) is 20.3 Å². The Morgan fingerprint density at radius 2 is 1.71 bits per heavy atom. The number of methoxy groups -OCH3 is 1. The van der Waals surface area contributed by atoms with E-state index in [1.165, 1.54) is 60.1 Å². The summed E-state index contributed by atoms with van der Waals surface area (Å²) in [5.41, 5.74) is 7.82. The molecule has 0 aliphatic carbocycles. The van der Waals surface area contributed by atoms with Crippen molar-refractivity contribution in [3.8, 4) is 11.5 Å². The SMILES string of the molecule is CCCCCCCCOc1c(OC)ccc2c1CC[N+](Cc1ccc(Cl)cc1Cl)=C2CCC=C(C)CCC=C(C)C.[Br-]. The van der Waals surface area contributed by atoms with E-state index in [1.807, 2.05) is 18.2 Å². The molecule has 1 aliphatic rings. The molecule has 0 saturated heterocycles. The van der Waals surface area contributed by atoms with Gasteiger partial charge in [0.25, 0.3) is 0 Å². The number of rotatable bonds is 17. The number of allylic oxidation sites excluding steroid dienone is 4. The molecule has 3 rings (SSSR count). The predicted molar refractivity (Wildman–Crippen MR) is 177 cm³/mol. The Balaban J connectivity index is 0.00000616. The summed E-state index contributed by atoms with van der Waals surface area (Å²) in [6.07, 6.45) is 17.3. The molecule has 0 amide bonds. The van der Waals surface area contributed by atoms with Crippen molar-refractivity contribution in [3.63, 3.8) is 0 Å². The lowest BCUT2D eigenvalue weighted by atomic mass is 9.92. The van der Waals surface area contributed by atoms with Gasteiger partial charge in [-0.15, -0.1) is 0 Å². The maximum atomic E-state index is 6.62. The second-order valence-electron chi connectivity index (χ2n) is 11.5. The van der Waals surface area contributed by atoms with Crippen molar-refractivity contribution >= 4 is 28.9 Å². The zero-order valence-corrected chi connectivity index (χ0v) is 29.4. The predicted octanol–water partition coefficient (Wildman–Crippen LogP) is 7.78. The van der Waals surface area contributed by atoms with Gasteiger partial charge in [0.15, 0.2) is 23.8 Å². The lowest BCUT2D eigenvalue weighted by Gasteiger charge is -2.23. The van der Waals surface area contributed by atoms with E-state index in [1.54, 1.807) is 7.11 Å². The first-order chi connectivity index (χ1) is 19.8. The normalized spacial score (nSPS) is 13.0. The number of hydrogen-bond acceptors (Lipinski definition) is 2. The number of halogens is 3. The molecule has 0 aromatic heterocycles. The smallest absolute Gasteiger partial charge is 0.184 e. The van der Waals surface area contributed by atoms with Gasteiger partial charge in [-0.3, -0.25) is 0 Å². The Hall–Kier alpha value is -1.75. The third-order valence-corrected chi connectivity index (χ3v) is 8.44. The Bertz CT molecular complexity index is 1230. The zero-order valence-electron chi connectivity index (χ0n) is 26.3. The molecule has 0 atom stereocenters. The first-order valence-corrected chi connectivity index (χ1v) is 16.3. The van der Waals surface area contributed by atoms with E-state index < -0.39 is 0 Å². The largest absolute Gasteiger partial charge is 1.00 e. The van der Waals surface area contributed by atoms with Crippen LogP contribution in [-0.2, 0) is 13.0 Å². The van der Waals surface area contributed by atoms with E-state index >= 15 is 0 Å². The van der Waals surface area contributed by atoms with Crippen LogP contribution >= 0.6 is 23.2 Å².